The summed E-state index contributed by atoms with van der Waals surface area (Å²) < 4.78 is 10.8. The standard InChI is InChI=1S/C27H35N3O6/c1-27(2,3)26(32)29(21-15-16-22(35-4)23(17-21)36-5)24(18-11-13-20(14-12-18)30(33)34)25(31)28-19-9-7-6-8-10-19/h11-17,19,24H,6-10H2,1-5H3,(H,28,31). The molecule has 0 heterocycles. The van der Waals surface area contributed by atoms with Crippen LogP contribution in [-0.4, -0.2) is 37.0 Å². The molecule has 0 aromatic heterocycles. The molecule has 1 N–H and O–H groups in total. The highest BCUT2D eigenvalue weighted by Gasteiger charge is 2.39. The normalized spacial score (nSPS) is 15.0. The SMILES string of the molecule is COc1ccc(N(C(=O)C(C)(C)C)C(C(=O)NC2CCCCC2)c2ccc([N+](=O)[O-])cc2)cc1OC. The monoisotopic (exact) mass is 497 g/mol. The van der Waals surface area contributed by atoms with Crippen LogP contribution in [0.15, 0.2) is 42.5 Å². The second kappa shape index (κ2) is 11.4. The number of amides is 2. The number of nitrogens with one attached hydrogen (secondary N) is 1. The maximum atomic E-state index is 13.9. The molecule has 2 aromatic carbocycles. The average Bonchev–Trinajstić information content (AvgIpc) is 2.86. The van der Waals surface area contributed by atoms with Gasteiger partial charge in [0.25, 0.3) is 5.69 Å². The van der Waals surface area contributed by atoms with Gasteiger partial charge in [-0.05, 0) is 42.7 Å². The molecule has 1 aliphatic carbocycles. The lowest BCUT2D eigenvalue weighted by Crippen LogP contribution is -2.50. The number of hydrogen-bond donors (Lipinski definition) is 1. The summed E-state index contributed by atoms with van der Waals surface area (Å²) in [7, 11) is 3.02. The second-order valence-electron chi connectivity index (χ2n) is 10.1. The second-order valence-corrected chi connectivity index (χ2v) is 10.1. The topological polar surface area (TPSA) is 111 Å². The van der Waals surface area contributed by atoms with Crippen LogP contribution in [0.2, 0.25) is 0 Å². The zero-order valence-corrected chi connectivity index (χ0v) is 21.6. The molecule has 0 aliphatic heterocycles. The molecule has 2 amide bonds. The zero-order chi connectivity index (χ0) is 26.5. The molecule has 36 heavy (non-hydrogen) atoms. The molecule has 0 bridgehead atoms. The number of anilines is 1. The van der Waals surface area contributed by atoms with Gasteiger partial charge in [0, 0.05) is 35.3 Å². The number of nitrogens with zero attached hydrogens (tertiary/aromatic N) is 2. The molecule has 0 saturated heterocycles. The first-order chi connectivity index (χ1) is 17.1. The predicted molar refractivity (Wildman–Crippen MR) is 137 cm³/mol. The Morgan fingerprint density at radius 3 is 2.14 bits per heavy atom. The number of hydrogen-bond acceptors (Lipinski definition) is 6. The molecule has 1 saturated carbocycles. The first-order valence-corrected chi connectivity index (χ1v) is 12.2. The van der Waals surface area contributed by atoms with Crippen LogP contribution in [0.3, 0.4) is 0 Å². The van der Waals surface area contributed by atoms with Crippen LogP contribution in [0.25, 0.3) is 0 Å². The van der Waals surface area contributed by atoms with Gasteiger partial charge < -0.3 is 14.8 Å². The molecule has 0 spiro atoms. The Kier molecular flexibility index (Phi) is 8.55. The van der Waals surface area contributed by atoms with Gasteiger partial charge in [0.1, 0.15) is 6.04 Å². The summed E-state index contributed by atoms with van der Waals surface area (Å²) in [5.41, 5.74) is 0.0122. The van der Waals surface area contributed by atoms with Gasteiger partial charge in [-0.1, -0.05) is 40.0 Å². The van der Waals surface area contributed by atoms with E-state index in [0.717, 1.165) is 32.1 Å². The van der Waals surface area contributed by atoms with Gasteiger partial charge in [-0.25, -0.2) is 0 Å². The largest absolute Gasteiger partial charge is 0.493 e. The van der Waals surface area contributed by atoms with Gasteiger partial charge in [-0.3, -0.25) is 24.6 Å². The van der Waals surface area contributed by atoms with E-state index >= 15 is 0 Å². The minimum Gasteiger partial charge on any atom is -0.493 e. The van der Waals surface area contributed by atoms with E-state index in [0.29, 0.717) is 22.7 Å². The van der Waals surface area contributed by atoms with Crippen molar-refractivity contribution in [3.05, 3.63) is 58.1 Å². The van der Waals surface area contributed by atoms with Crippen LogP contribution in [0.1, 0.15) is 64.5 Å². The third-order valence-corrected chi connectivity index (χ3v) is 6.38. The Balaban J connectivity index is 2.15. The number of methoxy groups -OCH3 is 2. The van der Waals surface area contributed by atoms with Crippen molar-refractivity contribution in [2.75, 3.05) is 19.1 Å². The minimum atomic E-state index is -1.04. The highest BCUT2D eigenvalue weighted by atomic mass is 16.6. The van der Waals surface area contributed by atoms with Crippen molar-refractivity contribution < 1.29 is 24.0 Å². The average molecular weight is 498 g/mol. The van der Waals surface area contributed by atoms with E-state index in [1.807, 2.05) is 0 Å². The van der Waals surface area contributed by atoms with Gasteiger partial charge in [0.15, 0.2) is 11.5 Å². The van der Waals surface area contributed by atoms with Crippen LogP contribution < -0.4 is 19.7 Å². The van der Waals surface area contributed by atoms with Crippen molar-refractivity contribution in [2.45, 2.75) is 65.0 Å². The zero-order valence-electron chi connectivity index (χ0n) is 21.6. The first kappa shape index (κ1) is 27.0. The summed E-state index contributed by atoms with van der Waals surface area (Å²) in [6, 6.07) is 9.80. The molecule has 2 aromatic rings. The number of benzene rings is 2. The number of nitro groups is 1. The highest BCUT2D eigenvalue weighted by Crippen LogP contribution is 2.38. The van der Waals surface area contributed by atoms with Crippen molar-refractivity contribution in [1.29, 1.82) is 0 Å². The Labute approximate surface area is 211 Å². The van der Waals surface area contributed by atoms with Crippen molar-refractivity contribution in [2.24, 2.45) is 5.41 Å². The predicted octanol–water partition coefficient (Wildman–Crippen LogP) is 5.18. The van der Waals surface area contributed by atoms with Crippen LogP contribution in [0.4, 0.5) is 11.4 Å². The molecule has 1 fully saturated rings. The maximum Gasteiger partial charge on any atom is 0.269 e. The van der Waals surface area contributed by atoms with Crippen LogP contribution in [-0.2, 0) is 9.59 Å². The first-order valence-electron chi connectivity index (χ1n) is 12.2. The Morgan fingerprint density at radius 1 is 1.00 bits per heavy atom. The Morgan fingerprint density at radius 2 is 1.61 bits per heavy atom. The smallest absolute Gasteiger partial charge is 0.269 e. The fourth-order valence-corrected chi connectivity index (χ4v) is 4.44. The number of carbonyl (C=O) groups excluding carboxylic acids is 2. The van der Waals surface area contributed by atoms with Crippen LogP contribution in [0.5, 0.6) is 11.5 Å². The lowest BCUT2D eigenvalue weighted by Gasteiger charge is -2.37. The minimum absolute atomic E-state index is 0.0174. The summed E-state index contributed by atoms with van der Waals surface area (Å²) in [5.74, 6) is 0.291. The molecule has 9 heteroatoms. The summed E-state index contributed by atoms with van der Waals surface area (Å²) in [6.45, 7) is 5.36. The van der Waals surface area contributed by atoms with E-state index < -0.39 is 16.4 Å². The highest BCUT2D eigenvalue weighted by molar-refractivity contribution is 6.03. The van der Waals surface area contributed by atoms with Gasteiger partial charge in [-0.2, -0.15) is 0 Å². The van der Waals surface area contributed by atoms with Crippen LogP contribution >= 0.6 is 0 Å². The Bertz CT molecular complexity index is 1090. The summed E-state index contributed by atoms with van der Waals surface area (Å²) in [5, 5.41) is 14.4. The van der Waals surface area contributed by atoms with Crippen LogP contribution in [0, 0.1) is 15.5 Å². The van der Waals surface area contributed by atoms with E-state index in [1.54, 1.807) is 39.0 Å². The third-order valence-electron chi connectivity index (χ3n) is 6.38. The molecule has 1 aliphatic rings. The molecule has 3 rings (SSSR count). The molecule has 9 nitrogen and oxygen atoms in total. The number of carbonyl (C=O) groups is 2. The van der Waals surface area contributed by atoms with Crippen molar-refractivity contribution >= 4 is 23.2 Å². The van der Waals surface area contributed by atoms with Gasteiger partial charge in [-0.15, -0.1) is 0 Å². The third kappa shape index (κ3) is 6.13. The number of rotatable bonds is 8. The lowest BCUT2D eigenvalue weighted by atomic mass is 9.91. The summed E-state index contributed by atoms with van der Waals surface area (Å²) >= 11 is 0. The van der Waals surface area contributed by atoms with E-state index in [-0.39, 0.29) is 23.5 Å². The van der Waals surface area contributed by atoms with E-state index in [9.17, 15) is 19.7 Å². The van der Waals surface area contributed by atoms with Crippen molar-refractivity contribution in [3.63, 3.8) is 0 Å². The maximum absolute atomic E-state index is 13.9. The molecule has 194 valence electrons. The van der Waals surface area contributed by atoms with Crippen molar-refractivity contribution in [1.82, 2.24) is 5.32 Å². The molecular formula is C27H35N3O6. The quantitative estimate of drug-likeness (QED) is 0.397. The lowest BCUT2D eigenvalue weighted by molar-refractivity contribution is -0.384. The fraction of sp³-hybridized carbons (Fsp3) is 0.481. The fourth-order valence-electron chi connectivity index (χ4n) is 4.44. The summed E-state index contributed by atoms with van der Waals surface area (Å²) in [4.78, 5) is 39.9. The van der Waals surface area contributed by atoms with E-state index in [1.165, 1.54) is 43.4 Å². The van der Waals surface area contributed by atoms with Gasteiger partial charge >= 0.3 is 0 Å². The van der Waals surface area contributed by atoms with E-state index in [4.69, 9.17) is 9.47 Å². The molecule has 1 atom stereocenters. The van der Waals surface area contributed by atoms with Crippen molar-refractivity contribution in [3.8, 4) is 11.5 Å². The van der Waals surface area contributed by atoms with Gasteiger partial charge in [0.05, 0.1) is 19.1 Å². The Hall–Kier alpha value is -3.62. The molecule has 0 radical (unpaired) electrons. The number of non-ortho nitro benzene ring substituents is 1. The number of nitro benzene ring substituents is 1. The number of ether oxygens (including phenoxy) is 2. The molecular weight excluding hydrogens is 462 g/mol. The summed E-state index contributed by atoms with van der Waals surface area (Å²) in [6.07, 6.45) is 4.96. The van der Waals surface area contributed by atoms with E-state index in [2.05, 4.69) is 5.32 Å². The molecule has 1 unspecified atom stereocenters. The van der Waals surface area contributed by atoms with Gasteiger partial charge in [0.2, 0.25) is 11.8 Å².